The molecule has 4 aromatic rings. The summed E-state index contributed by atoms with van der Waals surface area (Å²) >= 11 is 5.96. The average molecular weight is 322 g/mol. The first kappa shape index (κ1) is 8.33. The maximum Gasteiger partial charge on any atom is 0.0636 e. The Labute approximate surface area is 150 Å². The molecule has 0 atom stereocenters. The standard InChI is InChI=1S/C22H15Cl/c23-22-12-10-17(11-13-22)19-6-3-7-20(14-19)21-9-8-16-4-1-2-5-18(16)15-21/h1-15H/i1D,2D,4D,5D,8D,9D,15D. The minimum Gasteiger partial charge on any atom is -0.0843 e. The van der Waals surface area contributed by atoms with Crippen LogP contribution in [0.25, 0.3) is 33.0 Å². The van der Waals surface area contributed by atoms with Gasteiger partial charge in [-0.2, -0.15) is 0 Å². The molecule has 0 aliphatic rings. The first-order chi connectivity index (χ1) is 14.2. The Morgan fingerprint density at radius 3 is 2.13 bits per heavy atom. The van der Waals surface area contributed by atoms with Gasteiger partial charge in [-0.05, 0) is 57.3 Å². The summed E-state index contributed by atoms with van der Waals surface area (Å²) in [4.78, 5) is 0. The van der Waals surface area contributed by atoms with Crippen LogP contribution in [0.1, 0.15) is 9.60 Å². The fourth-order valence-electron chi connectivity index (χ4n) is 2.42. The molecule has 0 aliphatic heterocycles. The van der Waals surface area contributed by atoms with Crippen LogP contribution in [0.4, 0.5) is 0 Å². The second-order valence-electron chi connectivity index (χ2n) is 5.09. The Bertz CT molecular complexity index is 1310. The van der Waals surface area contributed by atoms with E-state index in [2.05, 4.69) is 0 Å². The molecule has 0 aliphatic carbocycles. The van der Waals surface area contributed by atoms with Crippen molar-refractivity contribution in [1.82, 2.24) is 0 Å². The SMILES string of the molecule is [2H]c1c([2H])c([2H])c2c([2H])c(-c3cccc(-c4ccc(Cl)cc4)c3)c([2H])c([2H])c2c1[2H]. The minimum absolute atomic E-state index is 0.0473. The number of fused-ring (bicyclic) bond motifs is 1. The molecule has 0 spiro atoms. The van der Waals surface area contributed by atoms with Crippen LogP contribution in [0, 0.1) is 0 Å². The van der Waals surface area contributed by atoms with E-state index in [1.807, 2.05) is 18.2 Å². The van der Waals surface area contributed by atoms with Gasteiger partial charge in [0.15, 0.2) is 0 Å². The monoisotopic (exact) mass is 321 g/mol. The molecule has 4 rings (SSSR count). The van der Waals surface area contributed by atoms with Gasteiger partial charge in [-0.3, -0.25) is 0 Å². The maximum absolute atomic E-state index is 8.65. The number of rotatable bonds is 2. The van der Waals surface area contributed by atoms with Crippen LogP contribution in [0.5, 0.6) is 0 Å². The van der Waals surface area contributed by atoms with E-state index in [9.17, 15) is 0 Å². The van der Waals surface area contributed by atoms with Crippen molar-refractivity contribution in [3.8, 4) is 22.3 Å². The van der Waals surface area contributed by atoms with Crippen molar-refractivity contribution in [2.24, 2.45) is 0 Å². The molecule has 110 valence electrons. The highest BCUT2D eigenvalue weighted by molar-refractivity contribution is 6.30. The number of hydrogen-bond acceptors (Lipinski definition) is 0. The highest BCUT2D eigenvalue weighted by atomic mass is 35.5. The van der Waals surface area contributed by atoms with Crippen molar-refractivity contribution < 1.29 is 9.60 Å². The number of hydrogen-bond donors (Lipinski definition) is 0. The van der Waals surface area contributed by atoms with Crippen LogP contribution in [-0.2, 0) is 0 Å². The van der Waals surface area contributed by atoms with E-state index in [4.69, 9.17) is 21.2 Å². The van der Waals surface area contributed by atoms with E-state index in [0.29, 0.717) is 10.6 Å². The van der Waals surface area contributed by atoms with Crippen molar-refractivity contribution >= 4 is 22.4 Å². The van der Waals surface area contributed by atoms with Gasteiger partial charge in [0.25, 0.3) is 0 Å². The summed E-state index contributed by atoms with van der Waals surface area (Å²) in [7, 11) is 0. The zero-order chi connectivity index (χ0) is 21.7. The van der Waals surface area contributed by atoms with Crippen LogP contribution < -0.4 is 0 Å². The van der Waals surface area contributed by atoms with Crippen LogP contribution in [0.3, 0.4) is 0 Å². The Hall–Kier alpha value is -2.57. The molecule has 0 N–H and O–H groups in total. The third kappa shape index (κ3) is 2.86. The highest BCUT2D eigenvalue weighted by Crippen LogP contribution is 2.29. The van der Waals surface area contributed by atoms with Crippen molar-refractivity contribution in [2.45, 2.75) is 0 Å². The van der Waals surface area contributed by atoms with Gasteiger partial charge >= 0.3 is 0 Å². The van der Waals surface area contributed by atoms with Gasteiger partial charge in [-0.1, -0.05) is 78.2 Å². The van der Waals surface area contributed by atoms with Crippen molar-refractivity contribution in [1.29, 1.82) is 0 Å². The van der Waals surface area contributed by atoms with Crippen LogP contribution in [0.15, 0.2) is 90.8 Å². The van der Waals surface area contributed by atoms with E-state index < -0.39 is 18.1 Å². The summed E-state index contributed by atoms with van der Waals surface area (Å²) in [6, 6.07) is 12.0. The molecular formula is C22H15Cl. The normalized spacial score (nSPS) is 15.1. The predicted octanol–water partition coefficient (Wildman–Crippen LogP) is 6.83. The maximum atomic E-state index is 8.65. The largest absolute Gasteiger partial charge is 0.0843 e. The molecule has 0 saturated carbocycles. The molecule has 0 unspecified atom stereocenters. The molecule has 4 aromatic carbocycles. The molecule has 0 bridgehead atoms. The van der Waals surface area contributed by atoms with Gasteiger partial charge in [-0.25, -0.2) is 0 Å². The molecule has 0 heterocycles. The second kappa shape index (κ2) is 5.91. The average Bonchev–Trinajstić information content (AvgIpc) is 2.74. The Morgan fingerprint density at radius 1 is 0.652 bits per heavy atom. The summed E-state index contributed by atoms with van der Waals surface area (Å²) in [5.74, 6) is 0. The Morgan fingerprint density at radius 2 is 1.35 bits per heavy atom. The van der Waals surface area contributed by atoms with E-state index in [0.717, 1.165) is 11.1 Å². The fraction of sp³-hybridized carbons (Fsp3) is 0. The molecule has 0 saturated heterocycles. The lowest BCUT2D eigenvalue weighted by molar-refractivity contribution is 1.60. The van der Waals surface area contributed by atoms with Gasteiger partial charge in [0.1, 0.15) is 0 Å². The van der Waals surface area contributed by atoms with Crippen molar-refractivity contribution in [3.63, 3.8) is 0 Å². The Kier molecular flexibility index (Phi) is 2.14. The Balaban J connectivity index is 2.03. The summed E-state index contributed by atoms with van der Waals surface area (Å²) < 4.78 is 57.6. The lowest BCUT2D eigenvalue weighted by atomic mass is 9.97. The minimum atomic E-state index is -0.475. The summed E-state index contributed by atoms with van der Waals surface area (Å²) in [5, 5.41) is 0.460. The molecule has 0 fully saturated rings. The summed E-state index contributed by atoms with van der Waals surface area (Å²) in [6.45, 7) is 0. The molecule has 1 heteroatoms. The van der Waals surface area contributed by atoms with Crippen molar-refractivity contribution in [2.75, 3.05) is 0 Å². The molecule has 0 radical (unpaired) electrons. The van der Waals surface area contributed by atoms with Gasteiger partial charge in [0, 0.05) is 5.02 Å². The third-order valence-electron chi connectivity index (χ3n) is 3.58. The lowest BCUT2D eigenvalue weighted by Gasteiger charge is -2.07. The topological polar surface area (TPSA) is 0 Å². The van der Waals surface area contributed by atoms with Gasteiger partial charge in [0.2, 0.25) is 0 Å². The van der Waals surface area contributed by atoms with E-state index >= 15 is 0 Å². The van der Waals surface area contributed by atoms with Crippen LogP contribution >= 0.6 is 11.6 Å². The first-order valence-corrected chi connectivity index (χ1v) is 7.46. The van der Waals surface area contributed by atoms with E-state index in [1.54, 1.807) is 30.3 Å². The lowest BCUT2D eigenvalue weighted by Crippen LogP contribution is -1.82. The van der Waals surface area contributed by atoms with Crippen LogP contribution in [-0.4, -0.2) is 0 Å². The van der Waals surface area contributed by atoms with E-state index in [1.165, 1.54) is 0 Å². The highest BCUT2D eigenvalue weighted by Gasteiger charge is 2.03. The van der Waals surface area contributed by atoms with Gasteiger partial charge in [-0.15, -0.1) is 0 Å². The molecular weight excluding hydrogens is 300 g/mol. The van der Waals surface area contributed by atoms with Crippen LogP contribution in [0.2, 0.25) is 5.02 Å². The summed E-state index contributed by atoms with van der Waals surface area (Å²) in [6.07, 6.45) is 0. The number of halogens is 1. The summed E-state index contributed by atoms with van der Waals surface area (Å²) in [5.41, 5.74) is 2.42. The zero-order valence-electron chi connectivity index (χ0n) is 19.0. The molecule has 0 aromatic heterocycles. The molecule has 23 heavy (non-hydrogen) atoms. The smallest absolute Gasteiger partial charge is 0.0636 e. The quantitative estimate of drug-likeness (QED) is 0.379. The number of benzene rings is 4. The molecule has 0 amide bonds. The zero-order valence-corrected chi connectivity index (χ0v) is 12.8. The van der Waals surface area contributed by atoms with Gasteiger partial charge in [0.05, 0.1) is 9.60 Å². The third-order valence-corrected chi connectivity index (χ3v) is 3.83. The fourth-order valence-corrected chi connectivity index (χ4v) is 2.55. The second-order valence-corrected chi connectivity index (χ2v) is 5.52. The predicted molar refractivity (Wildman–Crippen MR) is 99.8 cm³/mol. The van der Waals surface area contributed by atoms with E-state index in [-0.39, 0.29) is 40.5 Å². The first-order valence-electron chi connectivity index (χ1n) is 10.6. The van der Waals surface area contributed by atoms with Crippen molar-refractivity contribution in [3.05, 3.63) is 95.9 Å². The van der Waals surface area contributed by atoms with Gasteiger partial charge < -0.3 is 0 Å². The molecule has 0 nitrogen and oxygen atoms in total.